The van der Waals surface area contributed by atoms with Gasteiger partial charge in [-0.05, 0) is 61.6 Å². The number of hydrogen-bond donors (Lipinski definition) is 1. The van der Waals surface area contributed by atoms with E-state index in [2.05, 4.69) is 5.32 Å². The molecule has 9 heteroatoms. The van der Waals surface area contributed by atoms with Crippen LogP contribution in [-0.2, 0) is 26.2 Å². The monoisotopic (exact) mass is 505 g/mol. The molecule has 192 valence electrons. The summed E-state index contributed by atoms with van der Waals surface area (Å²) in [5, 5.41) is 2.87. The van der Waals surface area contributed by atoms with Crippen LogP contribution in [0.15, 0.2) is 48.5 Å². The van der Waals surface area contributed by atoms with Crippen molar-refractivity contribution in [2.45, 2.75) is 65.6 Å². The minimum Gasteiger partial charge on any atom is -0.352 e. The number of carbonyl (C=O) groups excluding carboxylic acids is 2. The van der Waals surface area contributed by atoms with Gasteiger partial charge in [-0.25, -0.2) is 12.8 Å². The van der Waals surface area contributed by atoms with E-state index in [1.165, 1.54) is 29.2 Å². The maximum atomic E-state index is 13.5. The molecule has 0 aliphatic rings. The highest BCUT2D eigenvalue weighted by molar-refractivity contribution is 7.92. The molecule has 1 N–H and O–H groups in total. The number of sulfonamides is 1. The van der Waals surface area contributed by atoms with Crippen molar-refractivity contribution in [1.29, 1.82) is 0 Å². The van der Waals surface area contributed by atoms with Crippen LogP contribution in [-0.4, -0.2) is 50.0 Å². The maximum Gasteiger partial charge on any atom is 0.244 e. The first-order valence-electron chi connectivity index (χ1n) is 11.7. The van der Waals surface area contributed by atoms with Crippen molar-refractivity contribution in [1.82, 2.24) is 10.2 Å². The Hall–Kier alpha value is -2.94. The van der Waals surface area contributed by atoms with E-state index in [9.17, 15) is 22.4 Å². The SMILES string of the molecule is CC[C@H](C)NC(=O)[C@H](C)N(Cc1ccc(F)cc1)C(=O)CN(c1ccc(C(C)C)cc1)S(C)(=O)=O. The van der Waals surface area contributed by atoms with E-state index in [0.717, 1.165) is 22.5 Å². The minimum atomic E-state index is -3.79. The molecule has 0 aliphatic carbocycles. The number of amides is 2. The summed E-state index contributed by atoms with van der Waals surface area (Å²) in [4.78, 5) is 27.7. The Morgan fingerprint density at radius 3 is 2.03 bits per heavy atom. The zero-order valence-electron chi connectivity index (χ0n) is 21.3. The van der Waals surface area contributed by atoms with Crippen LogP contribution in [0.1, 0.15) is 58.1 Å². The van der Waals surface area contributed by atoms with Crippen LogP contribution in [0.2, 0.25) is 0 Å². The van der Waals surface area contributed by atoms with E-state index < -0.39 is 34.3 Å². The number of rotatable bonds is 11. The third-order valence-corrected chi connectivity index (χ3v) is 7.10. The number of hydrogen-bond acceptors (Lipinski definition) is 4. The molecule has 0 unspecified atom stereocenters. The number of nitrogens with zero attached hydrogens (tertiary/aromatic N) is 2. The van der Waals surface area contributed by atoms with Gasteiger partial charge >= 0.3 is 0 Å². The molecule has 2 atom stereocenters. The molecule has 0 saturated carbocycles. The quantitative estimate of drug-likeness (QED) is 0.499. The zero-order chi connectivity index (χ0) is 26.3. The molecule has 2 aromatic carbocycles. The van der Waals surface area contributed by atoms with E-state index in [4.69, 9.17) is 0 Å². The van der Waals surface area contributed by atoms with Gasteiger partial charge in [-0.3, -0.25) is 13.9 Å². The molecular formula is C26H36FN3O4S. The topological polar surface area (TPSA) is 86.8 Å². The minimum absolute atomic E-state index is 0.0259. The summed E-state index contributed by atoms with van der Waals surface area (Å²) in [6, 6.07) is 11.7. The summed E-state index contributed by atoms with van der Waals surface area (Å²) < 4.78 is 39.7. The van der Waals surface area contributed by atoms with E-state index in [0.29, 0.717) is 11.3 Å². The lowest BCUT2D eigenvalue weighted by Gasteiger charge is -2.32. The molecule has 0 fully saturated rings. The van der Waals surface area contributed by atoms with E-state index >= 15 is 0 Å². The van der Waals surface area contributed by atoms with Crippen LogP contribution < -0.4 is 9.62 Å². The van der Waals surface area contributed by atoms with Crippen molar-refractivity contribution in [3.8, 4) is 0 Å². The Labute approximate surface area is 208 Å². The van der Waals surface area contributed by atoms with Crippen molar-refractivity contribution in [3.05, 3.63) is 65.5 Å². The number of benzene rings is 2. The van der Waals surface area contributed by atoms with Crippen LogP contribution in [0.3, 0.4) is 0 Å². The fourth-order valence-electron chi connectivity index (χ4n) is 3.47. The predicted molar refractivity (Wildman–Crippen MR) is 137 cm³/mol. The number of nitrogens with one attached hydrogen (secondary N) is 1. The standard InChI is InChI=1S/C26H36FN3O4S/c1-7-19(4)28-26(32)20(5)29(16-21-8-12-23(27)13-9-21)25(31)17-30(35(6,33)34)24-14-10-22(11-15-24)18(2)3/h8-15,18-20H,7,16-17H2,1-6H3,(H,28,32)/t19-,20-/m0/s1. The third kappa shape index (κ3) is 8.06. The molecule has 2 amide bonds. The van der Waals surface area contributed by atoms with Crippen LogP contribution in [0.5, 0.6) is 0 Å². The van der Waals surface area contributed by atoms with Crippen molar-refractivity contribution in [2.75, 3.05) is 17.1 Å². The molecule has 0 aliphatic heterocycles. The highest BCUT2D eigenvalue weighted by Crippen LogP contribution is 2.23. The second kappa shape index (κ2) is 12.2. The summed E-state index contributed by atoms with van der Waals surface area (Å²) in [6.45, 7) is 9.02. The van der Waals surface area contributed by atoms with Gasteiger partial charge < -0.3 is 10.2 Å². The largest absolute Gasteiger partial charge is 0.352 e. The van der Waals surface area contributed by atoms with E-state index in [1.807, 2.05) is 39.8 Å². The molecule has 2 aromatic rings. The van der Waals surface area contributed by atoms with E-state index in [-0.39, 0.29) is 24.4 Å². The first kappa shape index (κ1) is 28.3. The Morgan fingerprint density at radius 2 is 1.54 bits per heavy atom. The summed E-state index contributed by atoms with van der Waals surface area (Å²) in [5.41, 5.74) is 2.03. The normalized spacial score (nSPS) is 13.3. The Morgan fingerprint density at radius 1 is 0.971 bits per heavy atom. The van der Waals surface area contributed by atoms with Gasteiger partial charge in [0.1, 0.15) is 18.4 Å². The number of anilines is 1. The van der Waals surface area contributed by atoms with Crippen molar-refractivity contribution in [2.24, 2.45) is 0 Å². The Balaban J connectivity index is 2.37. The third-order valence-electron chi connectivity index (χ3n) is 5.96. The summed E-state index contributed by atoms with van der Waals surface area (Å²) in [7, 11) is -3.79. The molecular weight excluding hydrogens is 469 g/mol. The molecule has 0 saturated heterocycles. The summed E-state index contributed by atoms with van der Waals surface area (Å²) in [5.74, 6) is -1.03. The number of carbonyl (C=O) groups is 2. The van der Waals surface area contributed by atoms with Gasteiger partial charge in [-0.1, -0.05) is 45.0 Å². The molecule has 7 nitrogen and oxygen atoms in total. The van der Waals surface area contributed by atoms with Crippen molar-refractivity contribution in [3.63, 3.8) is 0 Å². The molecule has 35 heavy (non-hydrogen) atoms. The highest BCUT2D eigenvalue weighted by atomic mass is 32.2. The van der Waals surface area contributed by atoms with Crippen LogP contribution in [0, 0.1) is 5.82 Å². The van der Waals surface area contributed by atoms with Gasteiger partial charge in [0.25, 0.3) is 0 Å². The molecule has 2 rings (SSSR count). The summed E-state index contributed by atoms with van der Waals surface area (Å²) >= 11 is 0. The molecule has 0 heterocycles. The lowest BCUT2D eigenvalue weighted by atomic mass is 10.0. The summed E-state index contributed by atoms with van der Waals surface area (Å²) in [6.07, 6.45) is 1.76. The van der Waals surface area contributed by atoms with E-state index in [1.54, 1.807) is 19.1 Å². The molecule has 0 spiro atoms. The second-order valence-corrected chi connectivity index (χ2v) is 11.1. The van der Waals surface area contributed by atoms with Gasteiger partial charge in [0.2, 0.25) is 21.8 Å². The fraction of sp³-hybridized carbons (Fsp3) is 0.462. The van der Waals surface area contributed by atoms with Gasteiger partial charge in [0, 0.05) is 12.6 Å². The molecule has 0 bridgehead atoms. The zero-order valence-corrected chi connectivity index (χ0v) is 22.1. The first-order valence-corrected chi connectivity index (χ1v) is 13.6. The van der Waals surface area contributed by atoms with Gasteiger partial charge in [-0.2, -0.15) is 0 Å². The predicted octanol–water partition coefficient (Wildman–Crippen LogP) is 4.05. The first-order chi connectivity index (χ1) is 16.3. The maximum absolute atomic E-state index is 13.5. The lowest BCUT2D eigenvalue weighted by molar-refractivity contribution is -0.139. The molecule has 0 aromatic heterocycles. The fourth-order valence-corrected chi connectivity index (χ4v) is 4.32. The Bertz CT molecular complexity index is 1100. The van der Waals surface area contributed by atoms with Crippen molar-refractivity contribution < 1.29 is 22.4 Å². The van der Waals surface area contributed by atoms with Crippen molar-refractivity contribution >= 4 is 27.5 Å². The average Bonchev–Trinajstić information content (AvgIpc) is 2.80. The second-order valence-electron chi connectivity index (χ2n) is 9.16. The van der Waals surface area contributed by atoms with Crippen LogP contribution in [0.25, 0.3) is 0 Å². The Kier molecular flexibility index (Phi) is 9.82. The smallest absolute Gasteiger partial charge is 0.244 e. The molecule has 0 radical (unpaired) electrons. The van der Waals surface area contributed by atoms with Crippen LogP contribution in [0.4, 0.5) is 10.1 Å². The van der Waals surface area contributed by atoms with Gasteiger partial charge in [0.15, 0.2) is 0 Å². The van der Waals surface area contributed by atoms with Gasteiger partial charge in [-0.15, -0.1) is 0 Å². The lowest BCUT2D eigenvalue weighted by Crippen LogP contribution is -2.52. The van der Waals surface area contributed by atoms with Crippen LogP contribution >= 0.6 is 0 Å². The number of halogens is 1. The highest BCUT2D eigenvalue weighted by Gasteiger charge is 2.30. The average molecular weight is 506 g/mol. The van der Waals surface area contributed by atoms with Gasteiger partial charge in [0.05, 0.1) is 11.9 Å².